The van der Waals surface area contributed by atoms with Gasteiger partial charge < -0.3 is 15.4 Å². The standard InChI is InChI=1S/C20H16F3N3O2/c1-28-15-8-6-14(7-9-15)25-18-12-13(10-11-24-18)19(27)26-17-5-3-2-4-16(17)20(21,22)23/h2-12H,1H3,(H,24,25)(H,26,27). The largest absolute Gasteiger partial charge is 0.497 e. The number of aromatic nitrogens is 1. The molecule has 28 heavy (non-hydrogen) atoms. The lowest BCUT2D eigenvalue weighted by atomic mass is 10.1. The van der Waals surface area contributed by atoms with Crippen LogP contribution in [0.2, 0.25) is 0 Å². The number of para-hydroxylation sites is 1. The number of ether oxygens (including phenoxy) is 1. The highest BCUT2D eigenvalue weighted by molar-refractivity contribution is 6.05. The Morgan fingerprint density at radius 1 is 1.04 bits per heavy atom. The lowest BCUT2D eigenvalue weighted by Crippen LogP contribution is -2.16. The fourth-order valence-corrected chi connectivity index (χ4v) is 2.50. The minimum atomic E-state index is -4.57. The Kier molecular flexibility index (Phi) is 5.49. The molecule has 0 aliphatic rings. The number of benzene rings is 2. The molecule has 1 amide bonds. The van der Waals surface area contributed by atoms with E-state index in [9.17, 15) is 18.0 Å². The number of halogens is 3. The molecular weight excluding hydrogens is 371 g/mol. The van der Waals surface area contributed by atoms with Crippen LogP contribution in [0.15, 0.2) is 66.9 Å². The van der Waals surface area contributed by atoms with E-state index in [1.165, 1.54) is 36.5 Å². The number of carbonyl (C=O) groups excluding carboxylic acids is 1. The van der Waals surface area contributed by atoms with Crippen LogP contribution in [-0.2, 0) is 6.18 Å². The summed E-state index contributed by atoms with van der Waals surface area (Å²) in [5.41, 5.74) is -0.327. The van der Waals surface area contributed by atoms with Crippen LogP contribution >= 0.6 is 0 Å². The first kappa shape index (κ1) is 19.2. The number of anilines is 3. The smallest absolute Gasteiger partial charge is 0.418 e. The number of rotatable bonds is 5. The predicted molar refractivity (Wildman–Crippen MR) is 99.9 cm³/mol. The molecule has 0 spiro atoms. The van der Waals surface area contributed by atoms with Gasteiger partial charge in [0.05, 0.1) is 18.4 Å². The van der Waals surface area contributed by atoms with E-state index in [0.717, 1.165) is 6.07 Å². The third kappa shape index (κ3) is 4.59. The van der Waals surface area contributed by atoms with Crippen molar-refractivity contribution in [2.24, 2.45) is 0 Å². The van der Waals surface area contributed by atoms with Crippen molar-refractivity contribution in [1.82, 2.24) is 4.98 Å². The zero-order valence-electron chi connectivity index (χ0n) is 14.7. The van der Waals surface area contributed by atoms with Crippen molar-refractivity contribution in [3.63, 3.8) is 0 Å². The van der Waals surface area contributed by atoms with Crippen LogP contribution in [0.1, 0.15) is 15.9 Å². The molecule has 8 heteroatoms. The summed E-state index contributed by atoms with van der Waals surface area (Å²) >= 11 is 0. The third-order valence-electron chi connectivity index (χ3n) is 3.87. The highest BCUT2D eigenvalue weighted by Gasteiger charge is 2.33. The van der Waals surface area contributed by atoms with Gasteiger partial charge in [0, 0.05) is 17.4 Å². The summed E-state index contributed by atoms with van der Waals surface area (Å²) in [5.74, 6) is 0.397. The highest BCUT2D eigenvalue weighted by Crippen LogP contribution is 2.34. The summed E-state index contributed by atoms with van der Waals surface area (Å²) in [6, 6.07) is 14.7. The minimum Gasteiger partial charge on any atom is -0.497 e. The number of methoxy groups -OCH3 is 1. The fraction of sp³-hybridized carbons (Fsp3) is 0.100. The van der Waals surface area contributed by atoms with Crippen LogP contribution in [-0.4, -0.2) is 18.0 Å². The molecule has 1 heterocycles. The van der Waals surface area contributed by atoms with Crippen molar-refractivity contribution in [2.45, 2.75) is 6.18 Å². The third-order valence-corrected chi connectivity index (χ3v) is 3.87. The summed E-state index contributed by atoms with van der Waals surface area (Å²) in [7, 11) is 1.56. The summed E-state index contributed by atoms with van der Waals surface area (Å²) in [6.07, 6.45) is -3.17. The molecule has 0 bridgehead atoms. The molecule has 1 aromatic heterocycles. The first-order valence-corrected chi connectivity index (χ1v) is 8.21. The maximum absolute atomic E-state index is 13.1. The average Bonchev–Trinajstić information content (AvgIpc) is 2.68. The minimum absolute atomic E-state index is 0.169. The van der Waals surface area contributed by atoms with Gasteiger partial charge in [0.25, 0.3) is 5.91 Å². The molecule has 3 aromatic rings. The van der Waals surface area contributed by atoms with E-state index >= 15 is 0 Å². The molecule has 3 rings (SSSR count). The second kappa shape index (κ2) is 7.99. The zero-order chi connectivity index (χ0) is 20.1. The summed E-state index contributed by atoms with van der Waals surface area (Å²) in [4.78, 5) is 16.6. The van der Waals surface area contributed by atoms with Crippen LogP contribution < -0.4 is 15.4 Å². The Hall–Kier alpha value is -3.55. The molecule has 0 unspecified atom stereocenters. The molecule has 144 valence electrons. The van der Waals surface area contributed by atoms with Gasteiger partial charge in [-0.3, -0.25) is 4.79 Å². The van der Waals surface area contributed by atoms with E-state index in [-0.39, 0.29) is 11.3 Å². The van der Waals surface area contributed by atoms with Gasteiger partial charge in [-0.15, -0.1) is 0 Å². The first-order valence-electron chi connectivity index (χ1n) is 8.21. The lowest BCUT2D eigenvalue weighted by Gasteiger charge is -2.14. The van der Waals surface area contributed by atoms with Crippen LogP contribution in [0.3, 0.4) is 0 Å². The van der Waals surface area contributed by atoms with E-state index in [0.29, 0.717) is 17.3 Å². The van der Waals surface area contributed by atoms with Gasteiger partial charge in [0.2, 0.25) is 0 Å². The maximum atomic E-state index is 13.1. The molecular formula is C20H16F3N3O2. The van der Waals surface area contributed by atoms with E-state index in [1.54, 1.807) is 31.4 Å². The van der Waals surface area contributed by atoms with Crippen molar-refractivity contribution in [1.29, 1.82) is 0 Å². The SMILES string of the molecule is COc1ccc(Nc2cc(C(=O)Nc3ccccc3C(F)(F)F)ccn2)cc1. The van der Waals surface area contributed by atoms with Crippen molar-refractivity contribution in [3.05, 3.63) is 78.0 Å². The predicted octanol–water partition coefficient (Wildman–Crippen LogP) is 5.10. The number of carbonyl (C=O) groups is 1. The van der Waals surface area contributed by atoms with Gasteiger partial charge in [-0.05, 0) is 48.5 Å². The normalized spacial score (nSPS) is 11.0. The van der Waals surface area contributed by atoms with Crippen molar-refractivity contribution in [3.8, 4) is 5.75 Å². The molecule has 0 radical (unpaired) electrons. The Balaban J connectivity index is 1.77. The zero-order valence-corrected chi connectivity index (χ0v) is 14.7. The van der Waals surface area contributed by atoms with Crippen LogP contribution in [0, 0.1) is 0 Å². The van der Waals surface area contributed by atoms with Crippen molar-refractivity contribution in [2.75, 3.05) is 17.7 Å². The number of amides is 1. The first-order chi connectivity index (χ1) is 13.4. The number of pyridine rings is 1. The molecule has 2 aromatic carbocycles. The quantitative estimate of drug-likeness (QED) is 0.639. The Morgan fingerprint density at radius 2 is 1.75 bits per heavy atom. The average molecular weight is 387 g/mol. The number of hydrogen-bond acceptors (Lipinski definition) is 4. The topological polar surface area (TPSA) is 63.2 Å². The monoisotopic (exact) mass is 387 g/mol. The lowest BCUT2D eigenvalue weighted by molar-refractivity contribution is -0.136. The number of nitrogens with zero attached hydrogens (tertiary/aromatic N) is 1. The Bertz CT molecular complexity index is 973. The van der Waals surface area contributed by atoms with E-state index < -0.39 is 17.6 Å². The van der Waals surface area contributed by atoms with Gasteiger partial charge in [0.1, 0.15) is 11.6 Å². The molecule has 0 fully saturated rings. The van der Waals surface area contributed by atoms with Gasteiger partial charge in [0.15, 0.2) is 0 Å². The van der Waals surface area contributed by atoms with Crippen LogP contribution in [0.5, 0.6) is 5.75 Å². The second-order valence-electron chi connectivity index (χ2n) is 5.78. The van der Waals surface area contributed by atoms with Gasteiger partial charge in [-0.1, -0.05) is 12.1 Å². The van der Waals surface area contributed by atoms with Gasteiger partial charge in [-0.25, -0.2) is 4.98 Å². The second-order valence-corrected chi connectivity index (χ2v) is 5.78. The van der Waals surface area contributed by atoms with E-state index in [4.69, 9.17) is 4.74 Å². The summed E-state index contributed by atoms with van der Waals surface area (Å²) in [6.45, 7) is 0. The fourth-order valence-electron chi connectivity index (χ4n) is 2.50. The number of alkyl halides is 3. The highest BCUT2D eigenvalue weighted by atomic mass is 19.4. The molecule has 0 aliphatic heterocycles. The molecule has 0 atom stereocenters. The molecule has 0 saturated heterocycles. The van der Waals surface area contributed by atoms with Crippen molar-refractivity contribution >= 4 is 23.1 Å². The van der Waals surface area contributed by atoms with E-state index in [2.05, 4.69) is 15.6 Å². The van der Waals surface area contributed by atoms with E-state index in [1.807, 2.05) is 0 Å². The van der Waals surface area contributed by atoms with Gasteiger partial charge >= 0.3 is 6.18 Å². The molecule has 2 N–H and O–H groups in total. The summed E-state index contributed by atoms with van der Waals surface area (Å²) < 4.78 is 44.3. The Morgan fingerprint density at radius 3 is 2.43 bits per heavy atom. The molecule has 5 nitrogen and oxygen atoms in total. The van der Waals surface area contributed by atoms with Crippen molar-refractivity contribution < 1.29 is 22.7 Å². The maximum Gasteiger partial charge on any atom is 0.418 e. The summed E-state index contributed by atoms with van der Waals surface area (Å²) in [5, 5.41) is 5.33. The van der Waals surface area contributed by atoms with Crippen LogP contribution in [0.4, 0.5) is 30.4 Å². The number of hydrogen-bond donors (Lipinski definition) is 2. The van der Waals surface area contributed by atoms with Gasteiger partial charge in [-0.2, -0.15) is 13.2 Å². The Labute approximate surface area is 159 Å². The van der Waals surface area contributed by atoms with Crippen LogP contribution in [0.25, 0.3) is 0 Å². The molecule has 0 saturated carbocycles. The molecule has 0 aliphatic carbocycles. The number of nitrogens with one attached hydrogen (secondary N) is 2.